The van der Waals surface area contributed by atoms with Crippen molar-refractivity contribution in [3.8, 4) is 5.75 Å². The van der Waals surface area contributed by atoms with Gasteiger partial charge < -0.3 is 4.74 Å². The van der Waals surface area contributed by atoms with Crippen LogP contribution >= 0.6 is 11.6 Å². The zero-order chi connectivity index (χ0) is 13.3. The maximum absolute atomic E-state index is 6.71. The molecule has 0 radical (unpaired) electrons. The molecule has 2 rings (SSSR count). The number of alkyl halides is 1. The van der Waals surface area contributed by atoms with Crippen molar-refractivity contribution < 1.29 is 4.74 Å². The molecule has 0 aromatic heterocycles. The average Bonchev–Trinajstić information content (AvgIpc) is 2.74. The van der Waals surface area contributed by atoms with Gasteiger partial charge in [-0.25, -0.2) is 0 Å². The van der Waals surface area contributed by atoms with Crippen LogP contribution in [0.4, 0.5) is 0 Å². The smallest absolute Gasteiger partial charge is 0.124 e. The molecule has 2 heteroatoms. The average molecular weight is 267 g/mol. The molecule has 0 amide bonds. The van der Waals surface area contributed by atoms with Gasteiger partial charge in [-0.3, -0.25) is 0 Å². The highest BCUT2D eigenvalue weighted by Crippen LogP contribution is 2.44. The molecule has 100 valence electrons. The van der Waals surface area contributed by atoms with Crippen LogP contribution in [0.3, 0.4) is 0 Å². The van der Waals surface area contributed by atoms with Crippen LogP contribution in [0, 0.1) is 25.7 Å². The van der Waals surface area contributed by atoms with Gasteiger partial charge in [0.15, 0.2) is 0 Å². The predicted molar refractivity (Wildman–Crippen MR) is 77.6 cm³/mol. The second-order valence-electron chi connectivity index (χ2n) is 5.66. The van der Waals surface area contributed by atoms with E-state index in [1.54, 1.807) is 7.11 Å². The van der Waals surface area contributed by atoms with E-state index in [0.29, 0.717) is 5.92 Å². The lowest BCUT2D eigenvalue weighted by molar-refractivity contribution is 0.400. The number of benzene rings is 1. The minimum Gasteiger partial charge on any atom is -0.496 e. The number of hydrogen-bond acceptors (Lipinski definition) is 1. The van der Waals surface area contributed by atoms with E-state index in [4.69, 9.17) is 16.3 Å². The molecule has 1 aromatic rings. The SMILES string of the molecule is COc1c(C)cc(C(Cl)C2CCCC2C)cc1C. The molecule has 1 aliphatic rings. The molecule has 1 aromatic carbocycles. The van der Waals surface area contributed by atoms with Gasteiger partial charge in [-0.1, -0.05) is 31.9 Å². The standard InChI is InChI=1S/C16H23ClO/c1-10-6-5-7-14(10)15(17)13-8-11(2)16(18-4)12(3)9-13/h8-10,14-15H,5-7H2,1-4H3. The number of hydrogen-bond donors (Lipinski definition) is 0. The van der Waals surface area contributed by atoms with Crippen molar-refractivity contribution in [2.45, 2.75) is 45.4 Å². The molecule has 0 spiro atoms. The second-order valence-corrected chi connectivity index (χ2v) is 6.13. The van der Waals surface area contributed by atoms with Gasteiger partial charge in [0.25, 0.3) is 0 Å². The van der Waals surface area contributed by atoms with E-state index in [2.05, 4.69) is 32.9 Å². The molecule has 1 saturated carbocycles. The minimum atomic E-state index is 0.144. The first-order valence-corrected chi connectivity index (χ1v) is 7.27. The van der Waals surface area contributed by atoms with Gasteiger partial charge >= 0.3 is 0 Å². The molecule has 0 heterocycles. The largest absolute Gasteiger partial charge is 0.496 e. The Balaban J connectivity index is 2.28. The van der Waals surface area contributed by atoms with Crippen molar-refractivity contribution >= 4 is 11.6 Å². The number of halogens is 1. The second kappa shape index (κ2) is 5.52. The summed E-state index contributed by atoms with van der Waals surface area (Å²) in [6, 6.07) is 4.38. The van der Waals surface area contributed by atoms with E-state index in [1.807, 2.05) is 0 Å². The Morgan fingerprint density at radius 1 is 1.22 bits per heavy atom. The fourth-order valence-electron chi connectivity index (χ4n) is 3.32. The molecule has 1 fully saturated rings. The van der Waals surface area contributed by atoms with E-state index in [0.717, 1.165) is 11.7 Å². The highest BCUT2D eigenvalue weighted by atomic mass is 35.5. The Morgan fingerprint density at radius 3 is 2.28 bits per heavy atom. The first kappa shape index (κ1) is 13.7. The van der Waals surface area contributed by atoms with Crippen molar-refractivity contribution in [3.63, 3.8) is 0 Å². The summed E-state index contributed by atoms with van der Waals surface area (Å²) in [6.45, 7) is 6.52. The first-order valence-electron chi connectivity index (χ1n) is 6.83. The highest BCUT2D eigenvalue weighted by molar-refractivity contribution is 6.21. The molecule has 0 N–H and O–H groups in total. The van der Waals surface area contributed by atoms with Crippen LogP contribution < -0.4 is 4.74 Å². The van der Waals surface area contributed by atoms with Gasteiger partial charge in [0.2, 0.25) is 0 Å². The fourth-order valence-corrected chi connectivity index (χ4v) is 3.82. The molecule has 3 unspecified atom stereocenters. The number of aryl methyl sites for hydroxylation is 2. The first-order chi connectivity index (χ1) is 8.54. The fraction of sp³-hybridized carbons (Fsp3) is 0.625. The molecular weight excluding hydrogens is 244 g/mol. The third-order valence-electron chi connectivity index (χ3n) is 4.31. The van der Waals surface area contributed by atoms with Gasteiger partial charge in [-0.2, -0.15) is 0 Å². The maximum Gasteiger partial charge on any atom is 0.124 e. The van der Waals surface area contributed by atoms with E-state index < -0.39 is 0 Å². The van der Waals surface area contributed by atoms with E-state index >= 15 is 0 Å². The predicted octanol–water partition coefficient (Wildman–Crippen LogP) is 5.03. The van der Waals surface area contributed by atoms with Crippen LogP contribution in [0.2, 0.25) is 0 Å². The van der Waals surface area contributed by atoms with E-state index in [9.17, 15) is 0 Å². The Bertz CT molecular complexity index is 404. The third kappa shape index (κ3) is 2.51. The highest BCUT2D eigenvalue weighted by Gasteiger charge is 2.31. The van der Waals surface area contributed by atoms with Gasteiger partial charge in [-0.15, -0.1) is 11.6 Å². The van der Waals surface area contributed by atoms with Gasteiger partial charge in [0.1, 0.15) is 5.75 Å². The van der Waals surface area contributed by atoms with E-state index in [-0.39, 0.29) is 5.38 Å². The van der Waals surface area contributed by atoms with Crippen LogP contribution in [0.15, 0.2) is 12.1 Å². The Morgan fingerprint density at radius 2 is 1.83 bits per heavy atom. The molecule has 0 bridgehead atoms. The van der Waals surface area contributed by atoms with Gasteiger partial charge in [0.05, 0.1) is 12.5 Å². The zero-order valence-corrected chi connectivity index (χ0v) is 12.6. The number of methoxy groups -OCH3 is 1. The van der Waals surface area contributed by atoms with E-state index in [1.165, 1.54) is 36.0 Å². The summed E-state index contributed by atoms with van der Waals surface area (Å²) in [6.07, 6.45) is 3.91. The Labute approximate surface area is 115 Å². The van der Waals surface area contributed by atoms with Crippen molar-refractivity contribution in [1.29, 1.82) is 0 Å². The number of ether oxygens (including phenoxy) is 1. The molecule has 1 aliphatic carbocycles. The normalized spacial score (nSPS) is 25.2. The summed E-state index contributed by atoms with van der Waals surface area (Å²) in [5.74, 6) is 2.36. The van der Waals surface area contributed by atoms with Crippen LogP contribution in [0.5, 0.6) is 5.75 Å². The van der Waals surface area contributed by atoms with Crippen molar-refractivity contribution in [2.75, 3.05) is 7.11 Å². The Hall–Kier alpha value is -0.690. The Kier molecular flexibility index (Phi) is 4.21. The lowest BCUT2D eigenvalue weighted by Gasteiger charge is -2.23. The topological polar surface area (TPSA) is 9.23 Å². The van der Waals surface area contributed by atoms with Crippen LogP contribution in [-0.2, 0) is 0 Å². The molecular formula is C16H23ClO. The molecule has 18 heavy (non-hydrogen) atoms. The lowest BCUT2D eigenvalue weighted by atomic mass is 9.89. The molecule has 0 saturated heterocycles. The summed E-state index contributed by atoms with van der Waals surface area (Å²) < 4.78 is 5.41. The maximum atomic E-state index is 6.71. The quantitative estimate of drug-likeness (QED) is 0.698. The summed E-state index contributed by atoms with van der Waals surface area (Å²) in [5.41, 5.74) is 3.62. The summed E-state index contributed by atoms with van der Waals surface area (Å²) in [5, 5.41) is 0.144. The number of rotatable bonds is 3. The van der Waals surface area contributed by atoms with Crippen LogP contribution in [-0.4, -0.2) is 7.11 Å². The summed E-state index contributed by atoms with van der Waals surface area (Å²) in [4.78, 5) is 0. The molecule has 3 atom stereocenters. The lowest BCUT2D eigenvalue weighted by Crippen LogP contribution is -2.11. The van der Waals surface area contributed by atoms with Crippen LogP contribution in [0.1, 0.15) is 48.3 Å². The zero-order valence-electron chi connectivity index (χ0n) is 11.8. The van der Waals surface area contributed by atoms with Crippen molar-refractivity contribution in [2.24, 2.45) is 11.8 Å². The minimum absolute atomic E-state index is 0.144. The summed E-state index contributed by atoms with van der Waals surface area (Å²) >= 11 is 6.71. The van der Waals surface area contributed by atoms with Crippen LogP contribution in [0.25, 0.3) is 0 Å². The molecule has 0 aliphatic heterocycles. The van der Waals surface area contributed by atoms with Gasteiger partial charge in [0, 0.05) is 0 Å². The van der Waals surface area contributed by atoms with Crippen molar-refractivity contribution in [3.05, 3.63) is 28.8 Å². The van der Waals surface area contributed by atoms with Gasteiger partial charge in [-0.05, 0) is 48.8 Å². The monoisotopic (exact) mass is 266 g/mol. The molecule has 1 nitrogen and oxygen atoms in total. The summed E-state index contributed by atoms with van der Waals surface area (Å²) in [7, 11) is 1.73. The van der Waals surface area contributed by atoms with Crippen molar-refractivity contribution in [1.82, 2.24) is 0 Å². The third-order valence-corrected chi connectivity index (χ3v) is 4.88.